The zero-order chi connectivity index (χ0) is 24.3. The van der Waals surface area contributed by atoms with Crippen molar-refractivity contribution in [1.82, 2.24) is 4.90 Å². The molecule has 9 heteroatoms. The molecular formula is C25H31N3O5S. The van der Waals surface area contributed by atoms with Gasteiger partial charge in [-0.2, -0.15) is 0 Å². The van der Waals surface area contributed by atoms with Gasteiger partial charge in [-0.1, -0.05) is 31.0 Å². The van der Waals surface area contributed by atoms with Crippen molar-refractivity contribution in [2.75, 3.05) is 35.5 Å². The summed E-state index contributed by atoms with van der Waals surface area (Å²) in [5.74, 6) is -0.177. The number of likely N-dealkylation sites (tertiary alicyclic amines) is 1. The van der Waals surface area contributed by atoms with E-state index in [4.69, 9.17) is 4.74 Å². The molecule has 1 fully saturated rings. The van der Waals surface area contributed by atoms with Crippen molar-refractivity contribution in [3.8, 4) is 5.75 Å². The van der Waals surface area contributed by atoms with Crippen LogP contribution in [0.4, 0.5) is 11.4 Å². The molecule has 1 N–H and O–H groups in total. The predicted octanol–water partition coefficient (Wildman–Crippen LogP) is 3.57. The molecule has 0 radical (unpaired) electrons. The van der Waals surface area contributed by atoms with Gasteiger partial charge in [-0.3, -0.25) is 13.9 Å². The van der Waals surface area contributed by atoms with Gasteiger partial charge in [0.15, 0.2) is 6.10 Å². The number of ether oxygens (including phenoxy) is 1. The fourth-order valence-corrected chi connectivity index (χ4v) is 5.39. The third-order valence-electron chi connectivity index (χ3n) is 6.25. The molecule has 2 aromatic rings. The van der Waals surface area contributed by atoms with Gasteiger partial charge in [-0.05, 0) is 49.6 Å². The Morgan fingerprint density at radius 3 is 2.41 bits per heavy atom. The zero-order valence-corrected chi connectivity index (χ0v) is 20.4. The average molecular weight is 486 g/mol. The number of nitrogens with zero attached hydrogens (tertiary/aromatic N) is 2. The Morgan fingerprint density at radius 1 is 1.00 bits per heavy atom. The fraction of sp³-hybridized carbons (Fsp3) is 0.440. The van der Waals surface area contributed by atoms with E-state index in [0.717, 1.165) is 37.5 Å². The van der Waals surface area contributed by atoms with E-state index < -0.39 is 22.0 Å². The molecule has 182 valence electrons. The van der Waals surface area contributed by atoms with Gasteiger partial charge in [-0.15, -0.1) is 0 Å². The van der Waals surface area contributed by atoms with Crippen molar-refractivity contribution in [2.24, 2.45) is 0 Å². The van der Waals surface area contributed by atoms with Gasteiger partial charge in [0.1, 0.15) is 5.75 Å². The molecular weight excluding hydrogens is 454 g/mol. The number of anilines is 2. The maximum Gasteiger partial charge on any atom is 0.265 e. The smallest absolute Gasteiger partial charge is 0.265 e. The number of fused-ring (bicyclic) bond motifs is 1. The standard InChI is InChI=1S/C25H31N3O5S/c1-18-11-12-22-21(17-18)28(34(2,31)32)16-13-23(33-22)24(29)26-20-10-6-5-9-19(20)25(30)27-14-7-3-4-8-15-27/h5-6,9-12,17,23H,3-4,7-8,13-16H2,1-2H3,(H,26,29)/t23-/m1/s1. The first kappa shape index (κ1) is 24.1. The number of nitrogens with one attached hydrogen (secondary N) is 1. The van der Waals surface area contributed by atoms with Crippen LogP contribution in [0.5, 0.6) is 5.75 Å². The van der Waals surface area contributed by atoms with Crippen molar-refractivity contribution in [1.29, 1.82) is 0 Å². The third-order valence-corrected chi connectivity index (χ3v) is 7.43. The van der Waals surface area contributed by atoms with Gasteiger partial charge in [-0.25, -0.2) is 8.42 Å². The van der Waals surface area contributed by atoms with E-state index in [0.29, 0.717) is 35.8 Å². The number of carbonyl (C=O) groups excluding carboxylic acids is 2. The Morgan fingerprint density at radius 2 is 1.71 bits per heavy atom. The number of aryl methyl sites for hydroxylation is 1. The van der Waals surface area contributed by atoms with Gasteiger partial charge >= 0.3 is 0 Å². The molecule has 2 aliphatic rings. The van der Waals surface area contributed by atoms with Crippen molar-refractivity contribution >= 4 is 33.2 Å². The Bertz CT molecular complexity index is 1170. The van der Waals surface area contributed by atoms with Crippen molar-refractivity contribution in [2.45, 2.75) is 45.1 Å². The molecule has 0 aromatic heterocycles. The van der Waals surface area contributed by atoms with E-state index in [9.17, 15) is 18.0 Å². The second-order valence-corrected chi connectivity index (χ2v) is 10.8. The largest absolute Gasteiger partial charge is 0.478 e. The van der Waals surface area contributed by atoms with Gasteiger partial charge in [0, 0.05) is 26.1 Å². The molecule has 2 aromatic carbocycles. The van der Waals surface area contributed by atoms with Gasteiger partial charge in [0.25, 0.3) is 11.8 Å². The first-order valence-corrected chi connectivity index (χ1v) is 13.5. The molecule has 1 saturated heterocycles. The lowest BCUT2D eigenvalue weighted by Gasteiger charge is -2.22. The second-order valence-electron chi connectivity index (χ2n) is 8.94. The maximum atomic E-state index is 13.2. The second kappa shape index (κ2) is 10.0. The van der Waals surface area contributed by atoms with E-state index in [1.165, 1.54) is 4.31 Å². The van der Waals surface area contributed by atoms with Crippen LogP contribution in [-0.4, -0.2) is 57.1 Å². The first-order chi connectivity index (χ1) is 16.2. The molecule has 0 bridgehead atoms. The van der Waals surface area contributed by atoms with Crippen LogP contribution in [0.25, 0.3) is 0 Å². The Hall–Kier alpha value is -3.07. The van der Waals surface area contributed by atoms with Gasteiger partial charge < -0.3 is 15.0 Å². The SMILES string of the molecule is Cc1ccc2c(c1)N(S(C)(=O)=O)CC[C@H](C(=O)Nc1ccccc1C(=O)N1CCCCCC1)O2. The van der Waals surface area contributed by atoms with Crippen LogP contribution in [0.1, 0.15) is 48.0 Å². The summed E-state index contributed by atoms with van der Waals surface area (Å²) in [5.41, 5.74) is 2.19. The normalized spacial score (nSPS) is 18.8. The summed E-state index contributed by atoms with van der Waals surface area (Å²) in [7, 11) is -3.55. The lowest BCUT2D eigenvalue weighted by molar-refractivity contribution is -0.122. The van der Waals surface area contributed by atoms with Crippen molar-refractivity contribution in [3.63, 3.8) is 0 Å². The number of amides is 2. The van der Waals surface area contributed by atoms with E-state index in [1.54, 1.807) is 36.4 Å². The van der Waals surface area contributed by atoms with E-state index >= 15 is 0 Å². The monoisotopic (exact) mass is 485 g/mol. The van der Waals surface area contributed by atoms with Crippen LogP contribution < -0.4 is 14.4 Å². The zero-order valence-electron chi connectivity index (χ0n) is 19.6. The first-order valence-electron chi connectivity index (χ1n) is 11.7. The molecule has 0 spiro atoms. The van der Waals surface area contributed by atoms with E-state index in [1.807, 2.05) is 17.9 Å². The summed E-state index contributed by atoms with van der Waals surface area (Å²) in [6.45, 7) is 3.41. The van der Waals surface area contributed by atoms with Crippen LogP contribution in [-0.2, 0) is 14.8 Å². The Labute approximate surface area is 200 Å². The predicted molar refractivity (Wildman–Crippen MR) is 132 cm³/mol. The number of carbonyl (C=O) groups is 2. The van der Waals surface area contributed by atoms with Crippen LogP contribution in [0.3, 0.4) is 0 Å². The quantitative estimate of drug-likeness (QED) is 0.714. The molecule has 1 atom stereocenters. The summed E-state index contributed by atoms with van der Waals surface area (Å²) in [4.78, 5) is 28.3. The minimum Gasteiger partial charge on any atom is -0.478 e. The molecule has 0 saturated carbocycles. The highest BCUT2D eigenvalue weighted by Gasteiger charge is 2.32. The highest BCUT2D eigenvalue weighted by atomic mass is 32.2. The number of rotatable bonds is 4. The van der Waals surface area contributed by atoms with Crippen LogP contribution in [0.2, 0.25) is 0 Å². The molecule has 34 heavy (non-hydrogen) atoms. The molecule has 2 amide bonds. The minimum absolute atomic E-state index is 0.0938. The van der Waals surface area contributed by atoms with Crippen molar-refractivity contribution < 1.29 is 22.7 Å². The molecule has 8 nitrogen and oxygen atoms in total. The molecule has 2 aliphatic heterocycles. The summed E-state index contributed by atoms with van der Waals surface area (Å²) >= 11 is 0. The summed E-state index contributed by atoms with van der Waals surface area (Å²) in [6, 6.07) is 12.2. The highest BCUT2D eigenvalue weighted by Crippen LogP contribution is 2.35. The Balaban J connectivity index is 1.56. The number of benzene rings is 2. The fourth-order valence-electron chi connectivity index (χ4n) is 4.45. The third kappa shape index (κ3) is 5.35. The molecule has 4 rings (SSSR count). The average Bonchev–Trinajstić information content (AvgIpc) is 3.18. The molecule has 0 aliphatic carbocycles. The summed E-state index contributed by atoms with van der Waals surface area (Å²) in [6.07, 6.45) is 4.60. The number of hydrogen-bond donors (Lipinski definition) is 1. The van der Waals surface area contributed by atoms with Gasteiger partial charge in [0.2, 0.25) is 10.0 Å². The summed E-state index contributed by atoms with van der Waals surface area (Å²) in [5, 5.41) is 2.86. The minimum atomic E-state index is -3.55. The van der Waals surface area contributed by atoms with Crippen LogP contribution in [0, 0.1) is 6.92 Å². The lowest BCUT2D eigenvalue weighted by atomic mass is 10.1. The molecule has 2 heterocycles. The topological polar surface area (TPSA) is 96.0 Å². The van der Waals surface area contributed by atoms with E-state index in [2.05, 4.69) is 5.32 Å². The number of hydrogen-bond acceptors (Lipinski definition) is 5. The number of para-hydroxylation sites is 1. The van der Waals surface area contributed by atoms with Crippen LogP contribution >= 0.6 is 0 Å². The van der Waals surface area contributed by atoms with Crippen molar-refractivity contribution in [3.05, 3.63) is 53.6 Å². The van der Waals surface area contributed by atoms with E-state index in [-0.39, 0.29) is 18.9 Å². The number of sulfonamides is 1. The van der Waals surface area contributed by atoms with Crippen LogP contribution in [0.15, 0.2) is 42.5 Å². The highest BCUT2D eigenvalue weighted by molar-refractivity contribution is 7.92. The molecule has 0 unspecified atom stereocenters. The summed E-state index contributed by atoms with van der Waals surface area (Å²) < 4.78 is 32.1. The lowest BCUT2D eigenvalue weighted by Crippen LogP contribution is -2.37. The maximum absolute atomic E-state index is 13.2. The van der Waals surface area contributed by atoms with Gasteiger partial charge in [0.05, 0.1) is 23.2 Å². The Kier molecular flexibility index (Phi) is 7.11.